The van der Waals surface area contributed by atoms with Crippen LogP contribution in [0.5, 0.6) is 0 Å². The van der Waals surface area contributed by atoms with Crippen molar-refractivity contribution in [1.29, 1.82) is 0 Å². The van der Waals surface area contributed by atoms with E-state index in [0.717, 1.165) is 10.0 Å². The van der Waals surface area contributed by atoms with Crippen molar-refractivity contribution in [2.24, 2.45) is 7.05 Å². The van der Waals surface area contributed by atoms with Crippen LogP contribution < -0.4 is 5.32 Å². The molecule has 2 rings (SSSR count). The standard InChI is InChI=1S/C14H18BrN5O/c1-4-16-13-12(5-11(15)7-17-13)14(21)19(2)8-10-6-18-20(3)9-10/h5-7,9H,4,8H2,1-3H3,(H,16,17). The second-order valence-corrected chi connectivity index (χ2v) is 5.68. The fraction of sp³-hybridized carbons (Fsp3) is 0.357. The van der Waals surface area contributed by atoms with Gasteiger partial charge in [-0.15, -0.1) is 0 Å². The molecule has 1 N–H and O–H groups in total. The van der Waals surface area contributed by atoms with Crippen LogP contribution >= 0.6 is 15.9 Å². The Labute approximate surface area is 132 Å². The van der Waals surface area contributed by atoms with E-state index in [1.54, 1.807) is 35.1 Å². The molecule has 0 fully saturated rings. The highest BCUT2D eigenvalue weighted by molar-refractivity contribution is 9.10. The summed E-state index contributed by atoms with van der Waals surface area (Å²) in [5.74, 6) is 0.521. The summed E-state index contributed by atoms with van der Waals surface area (Å²) in [5, 5.41) is 7.22. The SMILES string of the molecule is CCNc1ncc(Br)cc1C(=O)N(C)Cc1cnn(C)c1. The van der Waals surface area contributed by atoms with Crippen molar-refractivity contribution in [3.8, 4) is 0 Å². The second-order valence-electron chi connectivity index (χ2n) is 4.76. The predicted octanol–water partition coefficient (Wildman–Crippen LogP) is 2.28. The lowest BCUT2D eigenvalue weighted by molar-refractivity contribution is 0.0785. The van der Waals surface area contributed by atoms with Gasteiger partial charge in [0.25, 0.3) is 5.91 Å². The molecule has 0 saturated heterocycles. The average molecular weight is 352 g/mol. The number of rotatable bonds is 5. The van der Waals surface area contributed by atoms with Gasteiger partial charge >= 0.3 is 0 Å². The van der Waals surface area contributed by atoms with Crippen LogP contribution in [0, 0.1) is 0 Å². The number of hydrogen-bond acceptors (Lipinski definition) is 4. The van der Waals surface area contributed by atoms with E-state index in [1.807, 2.05) is 20.2 Å². The molecule has 0 bridgehead atoms. The normalized spacial score (nSPS) is 10.5. The Hall–Kier alpha value is -1.89. The molecule has 0 radical (unpaired) electrons. The summed E-state index contributed by atoms with van der Waals surface area (Å²) < 4.78 is 2.50. The quantitative estimate of drug-likeness (QED) is 0.897. The minimum absolute atomic E-state index is 0.0800. The van der Waals surface area contributed by atoms with E-state index in [1.165, 1.54) is 0 Å². The molecular weight excluding hydrogens is 334 g/mol. The average Bonchev–Trinajstić information content (AvgIpc) is 2.85. The van der Waals surface area contributed by atoms with Crippen molar-refractivity contribution in [1.82, 2.24) is 19.7 Å². The van der Waals surface area contributed by atoms with Crippen LogP contribution in [0.15, 0.2) is 29.1 Å². The predicted molar refractivity (Wildman–Crippen MR) is 85.1 cm³/mol. The van der Waals surface area contributed by atoms with Crippen molar-refractivity contribution in [3.63, 3.8) is 0 Å². The lowest BCUT2D eigenvalue weighted by Gasteiger charge is -2.18. The fourth-order valence-corrected chi connectivity index (χ4v) is 2.35. The molecule has 6 nitrogen and oxygen atoms in total. The molecule has 2 heterocycles. The van der Waals surface area contributed by atoms with E-state index >= 15 is 0 Å². The van der Waals surface area contributed by atoms with E-state index < -0.39 is 0 Å². The highest BCUT2D eigenvalue weighted by Gasteiger charge is 2.18. The van der Waals surface area contributed by atoms with Crippen LogP contribution in [0.3, 0.4) is 0 Å². The number of halogens is 1. The summed E-state index contributed by atoms with van der Waals surface area (Å²) >= 11 is 3.36. The van der Waals surface area contributed by atoms with E-state index in [0.29, 0.717) is 24.5 Å². The Balaban J connectivity index is 2.20. The van der Waals surface area contributed by atoms with Gasteiger partial charge in [0.05, 0.1) is 11.8 Å². The van der Waals surface area contributed by atoms with Gasteiger partial charge in [0.15, 0.2) is 0 Å². The van der Waals surface area contributed by atoms with Gasteiger partial charge in [0.1, 0.15) is 5.82 Å². The summed E-state index contributed by atoms with van der Waals surface area (Å²) in [6, 6.07) is 1.78. The summed E-state index contributed by atoms with van der Waals surface area (Å²) in [4.78, 5) is 18.5. The molecule has 7 heteroatoms. The van der Waals surface area contributed by atoms with Crippen LogP contribution in [0.1, 0.15) is 22.8 Å². The number of hydrogen-bond donors (Lipinski definition) is 1. The number of nitrogens with one attached hydrogen (secondary N) is 1. The third-order valence-electron chi connectivity index (χ3n) is 2.95. The number of pyridine rings is 1. The molecule has 2 aromatic rings. The molecule has 21 heavy (non-hydrogen) atoms. The third-order valence-corrected chi connectivity index (χ3v) is 3.39. The summed E-state index contributed by atoms with van der Waals surface area (Å²) in [5.41, 5.74) is 1.54. The zero-order valence-electron chi connectivity index (χ0n) is 12.3. The van der Waals surface area contributed by atoms with Gasteiger partial charge < -0.3 is 10.2 Å². The second kappa shape index (κ2) is 6.71. The maximum Gasteiger partial charge on any atom is 0.257 e. The number of carbonyl (C=O) groups is 1. The van der Waals surface area contributed by atoms with Crippen molar-refractivity contribution in [2.75, 3.05) is 18.9 Å². The van der Waals surface area contributed by atoms with Crippen molar-refractivity contribution in [2.45, 2.75) is 13.5 Å². The van der Waals surface area contributed by atoms with Crippen LogP contribution in [-0.4, -0.2) is 39.2 Å². The van der Waals surface area contributed by atoms with Crippen LogP contribution in [0.4, 0.5) is 5.82 Å². The highest BCUT2D eigenvalue weighted by atomic mass is 79.9. The van der Waals surface area contributed by atoms with Gasteiger partial charge in [-0.25, -0.2) is 4.98 Å². The van der Waals surface area contributed by atoms with Gasteiger partial charge in [-0.2, -0.15) is 5.10 Å². The Bertz CT molecular complexity index is 640. The molecule has 0 aromatic carbocycles. The van der Waals surface area contributed by atoms with Gasteiger partial charge in [0.2, 0.25) is 0 Å². The zero-order chi connectivity index (χ0) is 15.4. The first-order valence-corrected chi connectivity index (χ1v) is 7.43. The fourth-order valence-electron chi connectivity index (χ4n) is 2.02. The number of amides is 1. The van der Waals surface area contributed by atoms with E-state index in [2.05, 4.69) is 31.3 Å². The van der Waals surface area contributed by atoms with Crippen molar-refractivity contribution in [3.05, 3.63) is 40.3 Å². The lowest BCUT2D eigenvalue weighted by Crippen LogP contribution is -2.27. The molecule has 0 aliphatic heterocycles. The Kier molecular flexibility index (Phi) is 4.95. The lowest BCUT2D eigenvalue weighted by atomic mass is 10.2. The van der Waals surface area contributed by atoms with Gasteiger partial charge in [-0.3, -0.25) is 9.48 Å². The van der Waals surface area contributed by atoms with Gasteiger partial charge in [-0.05, 0) is 28.9 Å². The van der Waals surface area contributed by atoms with E-state index in [9.17, 15) is 4.79 Å². The molecule has 1 amide bonds. The molecule has 2 aromatic heterocycles. The maximum atomic E-state index is 12.6. The number of carbonyl (C=O) groups excluding carboxylic acids is 1. The number of nitrogens with zero attached hydrogens (tertiary/aromatic N) is 4. The summed E-state index contributed by atoms with van der Waals surface area (Å²) in [6.07, 6.45) is 5.33. The Morgan fingerprint density at radius 3 is 2.86 bits per heavy atom. The smallest absolute Gasteiger partial charge is 0.257 e. The van der Waals surface area contributed by atoms with Crippen molar-refractivity contribution < 1.29 is 4.79 Å². The molecule has 0 saturated carbocycles. The number of aromatic nitrogens is 3. The number of aryl methyl sites for hydroxylation is 1. The first-order chi connectivity index (χ1) is 10.0. The molecule has 0 aliphatic rings. The highest BCUT2D eigenvalue weighted by Crippen LogP contribution is 2.20. The Morgan fingerprint density at radius 1 is 1.48 bits per heavy atom. The first kappa shape index (κ1) is 15.5. The minimum atomic E-state index is -0.0800. The monoisotopic (exact) mass is 351 g/mol. The Morgan fingerprint density at radius 2 is 2.24 bits per heavy atom. The van der Waals surface area contributed by atoms with Gasteiger partial charge in [-0.1, -0.05) is 0 Å². The molecular formula is C14H18BrN5O. The van der Waals surface area contributed by atoms with E-state index in [4.69, 9.17) is 0 Å². The molecule has 0 unspecified atom stereocenters. The van der Waals surface area contributed by atoms with Crippen LogP contribution in [0.25, 0.3) is 0 Å². The maximum absolute atomic E-state index is 12.6. The van der Waals surface area contributed by atoms with Crippen molar-refractivity contribution >= 4 is 27.7 Å². The first-order valence-electron chi connectivity index (χ1n) is 6.63. The molecule has 0 atom stereocenters. The molecule has 0 spiro atoms. The van der Waals surface area contributed by atoms with Crippen LogP contribution in [-0.2, 0) is 13.6 Å². The molecule has 112 valence electrons. The number of anilines is 1. The molecule has 0 aliphatic carbocycles. The van der Waals surface area contributed by atoms with Gasteiger partial charge in [0, 0.05) is 49.6 Å². The zero-order valence-corrected chi connectivity index (χ0v) is 13.9. The summed E-state index contributed by atoms with van der Waals surface area (Å²) in [7, 11) is 3.62. The van der Waals surface area contributed by atoms with Crippen LogP contribution in [0.2, 0.25) is 0 Å². The third kappa shape index (κ3) is 3.81. The largest absolute Gasteiger partial charge is 0.370 e. The minimum Gasteiger partial charge on any atom is -0.370 e. The van der Waals surface area contributed by atoms with E-state index in [-0.39, 0.29) is 5.91 Å². The topological polar surface area (TPSA) is 63.1 Å². The summed E-state index contributed by atoms with van der Waals surface area (Å²) in [6.45, 7) is 3.18.